The van der Waals surface area contributed by atoms with Crippen molar-refractivity contribution in [2.75, 3.05) is 4.90 Å². The molecule has 1 saturated heterocycles. The second kappa shape index (κ2) is 4.68. The van der Waals surface area contributed by atoms with Crippen molar-refractivity contribution in [1.29, 1.82) is 0 Å². The van der Waals surface area contributed by atoms with Crippen LogP contribution in [0.25, 0.3) is 0 Å². The van der Waals surface area contributed by atoms with Gasteiger partial charge in [0.25, 0.3) is 11.6 Å². The lowest BCUT2D eigenvalue weighted by Gasteiger charge is -2.28. The average molecular weight is 317 g/mol. The van der Waals surface area contributed by atoms with Crippen LogP contribution in [0, 0.1) is 10.1 Å². The molecule has 1 aromatic rings. The van der Waals surface area contributed by atoms with E-state index >= 15 is 0 Å². The Bertz CT molecular complexity index is 685. The summed E-state index contributed by atoms with van der Waals surface area (Å²) in [5.41, 5.74) is -4.28. The van der Waals surface area contributed by atoms with Crippen LogP contribution in [0.4, 0.5) is 29.3 Å². The second-order valence-electron chi connectivity index (χ2n) is 5.11. The van der Waals surface area contributed by atoms with E-state index in [9.17, 15) is 32.9 Å². The molecule has 7 nitrogen and oxygen atoms in total. The molecule has 0 bridgehead atoms. The van der Waals surface area contributed by atoms with Crippen LogP contribution in [0.2, 0.25) is 0 Å². The number of halogens is 3. The fraction of sp³-hybridized carbons (Fsp3) is 0.333. The molecule has 118 valence electrons. The van der Waals surface area contributed by atoms with E-state index in [0.29, 0.717) is 12.1 Å². The number of carbonyl (C=O) groups is 2. The topological polar surface area (TPSA) is 92.6 Å². The Morgan fingerprint density at radius 2 is 1.86 bits per heavy atom. The van der Waals surface area contributed by atoms with E-state index in [2.05, 4.69) is 0 Å². The molecule has 0 unspecified atom stereocenters. The predicted molar refractivity (Wildman–Crippen MR) is 68.2 cm³/mol. The van der Waals surface area contributed by atoms with Crippen molar-refractivity contribution in [2.24, 2.45) is 0 Å². The molecule has 22 heavy (non-hydrogen) atoms. The monoisotopic (exact) mass is 317 g/mol. The molecule has 1 aliphatic heterocycles. The van der Waals surface area contributed by atoms with Gasteiger partial charge >= 0.3 is 12.2 Å². The summed E-state index contributed by atoms with van der Waals surface area (Å²) >= 11 is 0. The minimum Gasteiger partial charge on any atom is -0.279 e. The maximum absolute atomic E-state index is 13.0. The summed E-state index contributed by atoms with van der Waals surface area (Å²) in [4.78, 5) is 33.8. The van der Waals surface area contributed by atoms with Gasteiger partial charge in [-0.05, 0) is 26.0 Å². The molecule has 3 amide bonds. The van der Waals surface area contributed by atoms with Crippen LogP contribution in [-0.2, 0) is 11.0 Å². The largest absolute Gasteiger partial charge is 0.423 e. The molecular weight excluding hydrogens is 307 g/mol. The van der Waals surface area contributed by atoms with Gasteiger partial charge in [-0.3, -0.25) is 25.1 Å². The molecule has 0 radical (unpaired) electrons. The number of hydrogen-bond acceptors (Lipinski definition) is 4. The summed E-state index contributed by atoms with van der Waals surface area (Å²) in [6.07, 6.45) is -4.97. The predicted octanol–water partition coefficient (Wildman–Crippen LogP) is 2.45. The lowest BCUT2D eigenvalue weighted by molar-refractivity contribution is -0.388. The molecule has 1 fully saturated rings. The fourth-order valence-corrected chi connectivity index (χ4v) is 2.15. The van der Waals surface area contributed by atoms with Crippen LogP contribution in [0.3, 0.4) is 0 Å². The maximum atomic E-state index is 13.0. The van der Waals surface area contributed by atoms with Gasteiger partial charge in [-0.1, -0.05) is 0 Å². The van der Waals surface area contributed by atoms with Crippen LogP contribution in [0.5, 0.6) is 0 Å². The van der Waals surface area contributed by atoms with Gasteiger partial charge < -0.3 is 0 Å². The van der Waals surface area contributed by atoms with E-state index in [-0.39, 0.29) is 5.69 Å². The maximum Gasteiger partial charge on any atom is 0.423 e. The van der Waals surface area contributed by atoms with Gasteiger partial charge in [0.1, 0.15) is 11.1 Å². The molecule has 0 aliphatic carbocycles. The number of nitrogens with one attached hydrogen (secondary N) is 1. The summed E-state index contributed by atoms with van der Waals surface area (Å²) < 4.78 is 38.9. The normalized spacial score (nSPS) is 17.6. The standard InChI is InChI=1S/C12H10F3N3O4/c1-11(2)9(19)16-10(20)17(11)6-3-4-8(18(21)22)7(5-6)12(13,14)15/h3-5H,1-2H3,(H,16,19,20). The Hall–Kier alpha value is -2.65. The van der Waals surface area contributed by atoms with Gasteiger partial charge in [-0.15, -0.1) is 0 Å². The number of nitro benzene ring substituents is 1. The lowest BCUT2D eigenvalue weighted by Crippen LogP contribution is -2.44. The zero-order valence-electron chi connectivity index (χ0n) is 11.4. The average Bonchev–Trinajstić information content (AvgIpc) is 2.56. The Morgan fingerprint density at radius 3 is 2.27 bits per heavy atom. The summed E-state index contributed by atoms with van der Waals surface area (Å²) in [6.45, 7) is 2.70. The highest BCUT2D eigenvalue weighted by Gasteiger charge is 2.47. The zero-order valence-corrected chi connectivity index (χ0v) is 11.4. The number of benzene rings is 1. The quantitative estimate of drug-likeness (QED) is 0.515. The fourth-order valence-electron chi connectivity index (χ4n) is 2.15. The number of urea groups is 1. The molecule has 0 spiro atoms. The van der Waals surface area contributed by atoms with E-state index < -0.39 is 39.8 Å². The number of nitro groups is 1. The summed E-state index contributed by atoms with van der Waals surface area (Å²) in [7, 11) is 0. The first-order chi connectivity index (χ1) is 9.96. The lowest BCUT2D eigenvalue weighted by atomic mass is 10.0. The van der Waals surface area contributed by atoms with Crippen molar-refractivity contribution in [1.82, 2.24) is 5.32 Å². The first kappa shape index (κ1) is 15.7. The van der Waals surface area contributed by atoms with Gasteiger partial charge in [-0.25, -0.2) is 4.79 Å². The molecular formula is C12H10F3N3O4. The molecule has 1 aliphatic rings. The van der Waals surface area contributed by atoms with Gasteiger partial charge in [0.2, 0.25) is 0 Å². The summed E-state index contributed by atoms with van der Waals surface area (Å²) in [6, 6.07) is 1.24. The highest BCUT2D eigenvalue weighted by Crippen LogP contribution is 2.40. The molecule has 2 rings (SSSR count). The number of anilines is 1. The Balaban J connectivity index is 2.61. The Kier molecular flexibility index (Phi) is 3.35. The van der Waals surface area contributed by atoms with Gasteiger partial charge in [0.05, 0.1) is 4.92 Å². The van der Waals surface area contributed by atoms with E-state index in [1.54, 1.807) is 0 Å². The third-order valence-electron chi connectivity index (χ3n) is 3.28. The van der Waals surface area contributed by atoms with Crippen molar-refractivity contribution < 1.29 is 27.7 Å². The number of hydrogen-bond donors (Lipinski definition) is 1. The van der Waals surface area contributed by atoms with Gasteiger partial charge in [0, 0.05) is 11.8 Å². The minimum atomic E-state index is -4.97. The highest BCUT2D eigenvalue weighted by atomic mass is 19.4. The van der Waals surface area contributed by atoms with E-state index in [1.165, 1.54) is 13.8 Å². The first-order valence-corrected chi connectivity index (χ1v) is 5.97. The van der Waals surface area contributed by atoms with E-state index in [1.807, 2.05) is 5.32 Å². The van der Waals surface area contributed by atoms with Crippen molar-refractivity contribution in [3.8, 4) is 0 Å². The Labute approximate surface area is 121 Å². The van der Waals surface area contributed by atoms with Crippen LogP contribution in [-0.4, -0.2) is 22.4 Å². The molecule has 1 aromatic carbocycles. The first-order valence-electron chi connectivity index (χ1n) is 5.97. The molecule has 1 N–H and O–H groups in total. The second-order valence-corrected chi connectivity index (χ2v) is 5.11. The minimum absolute atomic E-state index is 0.258. The molecule has 0 saturated carbocycles. The summed E-state index contributed by atoms with van der Waals surface area (Å²) in [5.74, 6) is -0.676. The van der Waals surface area contributed by atoms with E-state index in [4.69, 9.17) is 0 Å². The Morgan fingerprint density at radius 1 is 1.27 bits per heavy atom. The smallest absolute Gasteiger partial charge is 0.279 e. The third-order valence-corrected chi connectivity index (χ3v) is 3.28. The van der Waals surface area contributed by atoms with Crippen LogP contribution >= 0.6 is 0 Å². The van der Waals surface area contributed by atoms with Crippen molar-refractivity contribution in [2.45, 2.75) is 25.6 Å². The molecule has 1 heterocycles. The highest BCUT2D eigenvalue weighted by molar-refractivity contribution is 6.16. The van der Waals surface area contributed by atoms with Crippen molar-refractivity contribution >= 4 is 23.3 Å². The van der Waals surface area contributed by atoms with Crippen LogP contribution in [0.15, 0.2) is 18.2 Å². The number of rotatable bonds is 2. The number of amides is 3. The third kappa shape index (κ3) is 2.36. The van der Waals surface area contributed by atoms with Crippen molar-refractivity contribution in [3.05, 3.63) is 33.9 Å². The van der Waals surface area contributed by atoms with Crippen LogP contribution < -0.4 is 10.2 Å². The molecule has 10 heteroatoms. The van der Waals surface area contributed by atoms with Gasteiger partial charge in [-0.2, -0.15) is 13.2 Å². The van der Waals surface area contributed by atoms with Gasteiger partial charge in [0.15, 0.2) is 0 Å². The molecule has 0 atom stereocenters. The van der Waals surface area contributed by atoms with Crippen molar-refractivity contribution in [3.63, 3.8) is 0 Å². The zero-order chi connectivity index (χ0) is 16.9. The number of alkyl halides is 3. The van der Waals surface area contributed by atoms with Crippen LogP contribution in [0.1, 0.15) is 19.4 Å². The number of imide groups is 1. The molecule has 0 aromatic heterocycles. The SMILES string of the molecule is CC1(C)C(=O)NC(=O)N1c1ccc([N+](=O)[O-])c(C(F)(F)F)c1. The number of nitrogens with zero attached hydrogens (tertiary/aromatic N) is 2. The number of carbonyl (C=O) groups excluding carboxylic acids is 2. The summed E-state index contributed by atoms with van der Waals surface area (Å²) in [5, 5.41) is 12.7. The van der Waals surface area contributed by atoms with E-state index in [0.717, 1.165) is 11.0 Å².